The molecule has 6 nitrogen and oxygen atoms in total. The Morgan fingerprint density at radius 2 is 2.16 bits per heavy atom. The number of hydrogen-bond donors (Lipinski definition) is 3. The summed E-state index contributed by atoms with van der Waals surface area (Å²) in [5.74, 6) is -1.32. The van der Waals surface area contributed by atoms with Crippen LogP contribution in [0.5, 0.6) is 5.75 Å². The minimum Gasteiger partial charge on any atom is -0.467 e. The SMILES string of the molecule is COCOc1ccc(C(O)C(O)CC(N)=O)c(F)c1. The summed E-state index contributed by atoms with van der Waals surface area (Å²) in [4.78, 5) is 10.6. The van der Waals surface area contributed by atoms with Gasteiger partial charge in [0.1, 0.15) is 17.7 Å². The van der Waals surface area contributed by atoms with Crippen molar-refractivity contribution >= 4 is 5.91 Å². The zero-order chi connectivity index (χ0) is 14.4. The quantitative estimate of drug-likeness (QED) is 0.610. The number of rotatable bonds is 7. The zero-order valence-corrected chi connectivity index (χ0v) is 10.4. The Labute approximate surface area is 109 Å². The van der Waals surface area contributed by atoms with Gasteiger partial charge in [0.15, 0.2) is 6.79 Å². The van der Waals surface area contributed by atoms with Crippen molar-refractivity contribution in [2.75, 3.05) is 13.9 Å². The van der Waals surface area contributed by atoms with Gasteiger partial charge in [-0.3, -0.25) is 4.79 Å². The van der Waals surface area contributed by atoms with Gasteiger partial charge in [0.25, 0.3) is 0 Å². The number of benzene rings is 1. The molecule has 0 fully saturated rings. The van der Waals surface area contributed by atoms with Crippen LogP contribution in [0.1, 0.15) is 18.1 Å². The first-order chi connectivity index (χ1) is 8.95. The molecule has 0 aliphatic carbocycles. The normalized spacial score (nSPS) is 13.9. The smallest absolute Gasteiger partial charge is 0.220 e. The van der Waals surface area contributed by atoms with Crippen molar-refractivity contribution in [2.24, 2.45) is 5.73 Å². The summed E-state index contributed by atoms with van der Waals surface area (Å²) in [6, 6.07) is 3.72. The van der Waals surface area contributed by atoms with Crippen molar-refractivity contribution < 1.29 is 28.9 Å². The molecule has 0 saturated heterocycles. The average molecular weight is 273 g/mol. The maximum absolute atomic E-state index is 13.7. The number of ether oxygens (including phenoxy) is 2. The number of primary amides is 1. The second-order valence-corrected chi connectivity index (χ2v) is 3.92. The average Bonchev–Trinajstić information content (AvgIpc) is 2.34. The van der Waals surface area contributed by atoms with E-state index >= 15 is 0 Å². The Balaban J connectivity index is 2.80. The lowest BCUT2D eigenvalue weighted by molar-refractivity contribution is -0.121. The summed E-state index contributed by atoms with van der Waals surface area (Å²) in [7, 11) is 1.43. The Morgan fingerprint density at radius 1 is 1.47 bits per heavy atom. The number of amides is 1. The molecule has 0 saturated carbocycles. The van der Waals surface area contributed by atoms with Crippen molar-refractivity contribution in [3.8, 4) is 5.75 Å². The third kappa shape index (κ3) is 4.47. The molecule has 0 spiro atoms. The fourth-order valence-electron chi connectivity index (χ4n) is 1.49. The maximum atomic E-state index is 13.7. The standard InChI is InChI=1S/C12H16FNO5/c1-18-6-19-7-2-3-8(9(13)4-7)12(17)10(15)5-11(14)16/h2-4,10,12,15,17H,5-6H2,1H3,(H2,14,16). The minimum atomic E-state index is -1.54. The van der Waals surface area contributed by atoms with Gasteiger partial charge in [0.05, 0.1) is 12.5 Å². The second-order valence-electron chi connectivity index (χ2n) is 3.92. The number of hydrogen-bond acceptors (Lipinski definition) is 5. The summed E-state index contributed by atoms with van der Waals surface area (Å²) >= 11 is 0. The second kappa shape index (κ2) is 7.03. The Kier molecular flexibility index (Phi) is 5.68. The molecular formula is C12H16FNO5. The van der Waals surface area contributed by atoms with Gasteiger partial charge >= 0.3 is 0 Å². The Hall–Kier alpha value is -1.70. The number of nitrogens with two attached hydrogens (primary N) is 1. The van der Waals surface area contributed by atoms with E-state index in [0.717, 1.165) is 6.07 Å². The van der Waals surface area contributed by atoms with Gasteiger partial charge in [-0.05, 0) is 12.1 Å². The van der Waals surface area contributed by atoms with Crippen molar-refractivity contribution in [1.29, 1.82) is 0 Å². The van der Waals surface area contributed by atoms with Crippen molar-refractivity contribution in [3.05, 3.63) is 29.6 Å². The molecule has 0 aromatic heterocycles. The van der Waals surface area contributed by atoms with Crippen LogP contribution in [-0.4, -0.2) is 36.1 Å². The lowest BCUT2D eigenvalue weighted by Gasteiger charge is -2.18. The van der Waals surface area contributed by atoms with Gasteiger partial charge in [-0.25, -0.2) is 4.39 Å². The van der Waals surface area contributed by atoms with E-state index in [2.05, 4.69) is 4.74 Å². The van der Waals surface area contributed by atoms with Crippen molar-refractivity contribution in [1.82, 2.24) is 0 Å². The van der Waals surface area contributed by atoms with E-state index in [0.29, 0.717) is 0 Å². The molecule has 4 N–H and O–H groups in total. The first kappa shape index (κ1) is 15.4. The molecule has 2 atom stereocenters. The largest absolute Gasteiger partial charge is 0.467 e. The molecular weight excluding hydrogens is 257 g/mol. The molecule has 0 aliphatic rings. The van der Waals surface area contributed by atoms with E-state index in [9.17, 15) is 19.4 Å². The van der Waals surface area contributed by atoms with E-state index in [1.807, 2.05) is 0 Å². The van der Waals surface area contributed by atoms with Crippen LogP contribution in [0, 0.1) is 5.82 Å². The highest BCUT2D eigenvalue weighted by Crippen LogP contribution is 2.25. The lowest BCUT2D eigenvalue weighted by atomic mass is 10.0. The van der Waals surface area contributed by atoms with E-state index in [1.54, 1.807) is 0 Å². The fraction of sp³-hybridized carbons (Fsp3) is 0.417. The van der Waals surface area contributed by atoms with Gasteiger partial charge in [-0.1, -0.05) is 0 Å². The molecule has 106 valence electrons. The highest BCUT2D eigenvalue weighted by Gasteiger charge is 2.23. The monoisotopic (exact) mass is 273 g/mol. The number of aliphatic hydroxyl groups excluding tert-OH is 2. The Bertz CT molecular complexity index is 440. The lowest BCUT2D eigenvalue weighted by Crippen LogP contribution is -2.26. The highest BCUT2D eigenvalue weighted by atomic mass is 19.1. The summed E-state index contributed by atoms with van der Waals surface area (Å²) in [5, 5.41) is 19.2. The first-order valence-corrected chi connectivity index (χ1v) is 5.51. The summed E-state index contributed by atoms with van der Waals surface area (Å²) in [6.07, 6.45) is -3.45. The fourth-order valence-corrected chi connectivity index (χ4v) is 1.49. The topological polar surface area (TPSA) is 102 Å². The summed E-state index contributed by atoms with van der Waals surface area (Å²) in [6.45, 7) is -0.0361. The van der Waals surface area contributed by atoms with Crippen LogP contribution in [-0.2, 0) is 9.53 Å². The minimum absolute atomic E-state index is 0.0361. The molecule has 7 heteroatoms. The number of carbonyl (C=O) groups excluding carboxylic acids is 1. The Morgan fingerprint density at radius 3 is 2.68 bits per heavy atom. The van der Waals surface area contributed by atoms with Crippen LogP contribution in [0.25, 0.3) is 0 Å². The van der Waals surface area contributed by atoms with Crippen LogP contribution in [0.2, 0.25) is 0 Å². The number of methoxy groups -OCH3 is 1. The van der Waals surface area contributed by atoms with Gasteiger partial charge in [0.2, 0.25) is 5.91 Å². The molecule has 0 radical (unpaired) electrons. The van der Waals surface area contributed by atoms with Crippen molar-refractivity contribution in [3.63, 3.8) is 0 Å². The maximum Gasteiger partial charge on any atom is 0.220 e. The first-order valence-electron chi connectivity index (χ1n) is 5.51. The van der Waals surface area contributed by atoms with E-state index < -0.39 is 30.4 Å². The van der Waals surface area contributed by atoms with Gasteiger partial charge in [-0.2, -0.15) is 0 Å². The zero-order valence-electron chi connectivity index (χ0n) is 10.4. The van der Waals surface area contributed by atoms with Crippen LogP contribution >= 0.6 is 0 Å². The summed E-state index contributed by atoms with van der Waals surface area (Å²) < 4.78 is 23.4. The van der Waals surface area contributed by atoms with Crippen LogP contribution in [0.4, 0.5) is 4.39 Å². The predicted octanol–water partition coefficient (Wildman–Crippen LogP) is 0.0781. The van der Waals surface area contributed by atoms with Gasteiger partial charge in [0, 0.05) is 18.7 Å². The van der Waals surface area contributed by atoms with E-state index in [4.69, 9.17) is 10.5 Å². The predicted molar refractivity (Wildman–Crippen MR) is 63.7 cm³/mol. The van der Waals surface area contributed by atoms with Crippen LogP contribution in [0.15, 0.2) is 18.2 Å². The molecule has 1 aromatic rings. The molecule has 19 heavy (non-hydrogen) atoms. The molecule has 1 amide bonds. The molecule has 0 heterocycles. The number of halogens is 1. The van der Waals surface area contributed by atoms with E-state index in [-0.39, 0.29) is 18.1 Å². The van der Waals surface area contributed by atoms with Crippen LogP contribution in [0.3, 0.4) is 0 Å². The number of aliphatic hydroxyl groups is 2. The molecule has 1 aromatic carbocycles. The third-order valence-electron chi connectivity index (χ3n) is 2.41. The summed E-state index contributed by atoms with van der Waals surface area (Å²) in [5.41, 5.74) is 4.75. The number of carbonyl (C=O) groups is 1. The van der Waals surface area contributed by atoms with E-state index in [1.165, 1.54) is 19.2 Å². The molecule has 0 aliphatic heterocycles. The molecule has 0 bridgehead atoms. The van der Waals surface area contributed by atoms with Gasteiger partial charge < -0.3 is 25.4 Å². The third-order valence-corrected chi connectivity index (χ3v) is 2.41. The molecule has 2 unspecified atom stereocenters. The highest BCUT2D eigenvalue weighted by molar-refractivity contribution is 5.74. The van der Waals surface area contributed by atoms with Crippen molar-refractivity contribution in [2.45, 2.75) is 18.6 Å². The van der Waals surface area contributed by atoms with Crippen LogP contribution < -0.4 is 10.5 Å². The molecule has 1 rings (SSSR count). The van der Waals surface area contributed by atoms with Gasteiger partial charge in [-0.15, -0.1) is 0 Å².